The zero-order valence-corrected chi connectivity index (χ0v) is 10.9. The molecule has 0 spiro atoms. The summed E-state index contributed by atoms with van der Waals surface area (Å²) in [6.45, 7) is 0. The van der Waals surface area contributed by atoms with Gasteiger partial charge < -0.3 is 14.7 Å². The summed E-state index contributed by atoms with van der Waals surface area (Å²) in [6.07, 6.45) is 0. The van der Waals surface area contributed by atoms with Crippen molar-refractivity contribution in [3.8, 4) is 28.3 Å². The summed E-state index contributed by atoms with van der Waals surface area (Å²) < 4.78 is 5.27. The molecule has 0 saturated heterocycles. The third-order valence-corrected chi connectivity index (χ3v) is 3.09. The van der Waals surface area contributed by atoms with Gasteiger partial charge in [-0.2, -0.15) is 0 Å². The number of carboxylic acids is 1. The van der Waals surface area contributed by atoms with Gasteiger partial charge in [0.25, 0.3) is 0 Å². The molecule has 0 saturated carbocycles. The van der Waals surface area contributed by atoms with Crippen molar-refractivity contribution in [1.29, 1.82) is 0 Å². The first-order chi connectivity index (χ1) is 10.1. The molecular formula is C16H11NO4. The summed E-state index contributed by atoms with van der Waals surface area (Å²) in [6, 6.07) is 14.8. The summed E-state index contributed by atoms with van der Waals surface area (Å²) in [4.78, 5) is 10.8. The van der Waals surface area contributed by atoms with E-state index in [2.05, 4.69) is 5.16 Å². The van der Waals surface area contributed by atoms with Crippen molar-refractivity contribution in [1.82, 2.24) is 5.16 Å². The van der Waals surface area contributed by atoms with E-state index in [-0.39, 0.29) is 11.3 Å². The van der Waals surface area contributed by atoms with Gasteiger partial charge in [-0.15, -0.1) is 0 Å². The maximum absolute atomic E-state index is 10.8. The molecule has 3 aromatic rings. The van der Waals surface area contributed by atoms with E-state index in [9.17, 15) is 9.90 Å². The molecule has 104 valence electrons. The highest BCUT2D eigenvalue weighted by atomic mass is 16.5. The first kappa shape index (κ1) is 12.9. The Labute approximate surface area is 120 Å². The molecule has 21 heavy (non-hydrogen) atoms. The van der Waals surface area contributed by atoms with Crippen molar-refractivity contribution < 1.29 is 19.5 Å². The zero-order valence-electron chi connectivity index (χ0n) is 10.9. The summed E-state index contributed by atoms with van der Waals surface area (Å²) in [5.41, 5.74) is 2.42. The van der Waals surface area contributed by atoms with Crippen molar-refractivity contribution in [3.63, 3.8) is 0 Å². The molecule has 3 rings (SSSR count). The van der Waals surface area contributed by atoms with E-state index in [1.807, 2.05) is 0 Å². The van der Waals surface area contributed by atoms with Gasteiger partial charge in [0.1, 0.15) is 11.4 Å². The SMILES string of the molecule is O=C(O)c1ccc(-c2cc(-c3ccc(O)cc3)on2)cc1. The highest BCUT2D eigenvalue weighted by Gasteiger charge is 2.09. The van der Waals surface area contributed by atoms with Crippen LogP contribution < -0.4 is 0 Å². The van der Waals surface area contributed by atoms with Gasteiger partial charge in [-0.3, -0.25) is 0 Å². The highest BCUT2D eigenvalue weighted by Crippen LogP contribution is 2.27. The van der Waals surface area contributed by atoms with E-state index in [1.165, 1.54) is 12.1 Å². The third kappa shape index (κ3) is 2.62. The van der Waals surface area contributed by atoms with Crippen molar-refractivity contribution in [3.05, 3.63) is 60.2 Å². The summed E-state index contributed by atoms with van der Waals surface area (Å²) in [7, 11) is 0. The van der Waals surface area contributed by atoms with Crippen LogP contribution in [0.5, 0.6) is 5.75 Å². The number of aromatic carboxylic acids is 1. The molecule has 1 aromatic heterocycles. The first-order valence-corrected chi connectivity index (χ1v) is 6.23. The van der Waals surface area contributed by atoms with Crippen LogP contribution >= 0.6 is 0 Å². The Morgan fingerprint density at radius 2 is 1.57 bits per heavy atom. The molecule has 0 aliphatic rings. The van der Waals surface area contributed by atoms with E-state index in [1.54, 1.807) is 42.5 Å². The number of carbonyl (C=O) groups is 1. The lowest BCUT2D eigenvalue weighted by molar-refractivity contribution is 0.0697. The number of phenols is 1. The molecule has 0 unspecified atom stereocenters. The number of hydrogen-bond acceptors (Lipinski definition) is 4. The molecule has 1 heterocycles. The Hall–Kier alpha value is -3.08. The largest absolute Gasteiger partial charge is 0.508 e. The van der Waals surface area contributed by atoms with Crippen molar-refractivity contribution in [2.24, 2.45) is 0 Å². The second-order valence-electron chi connectivity index (χ2n) is 4.51. The molecule has 0 fully saturated rings. The fourth-order valence-corrected chi connectivity index (χ4v) is 1.96. The quantitative estimate of drug-likeness (QED) is 0.768. The van der Waals surface area contributed by atoms with Gasteiger partial charge in [0.2, 0.25) is 0 Å². The second-order valence-corrected chi connectivity index (χ2v) is 4.51. The first-order valence-electron chi connectivity index (χ1n) is 6.23. The molecule has 0 aliphatic carbocycles. The number of nitrogens with zero attached hydrogens (tertiary/aromatic N) is 1. The van der Waals surface area contributed by atoms with Crippen LogP contribution in [-0.2, 0) is 0 Å². The van der Waals surface area contributed by atoms with Crippen LogP contribution in [0.2, 0.25) is 0 Å². The normalized spacial score (nSPS) is 10.5. The van der Waals surface area contributed by atoms with E-state index in [4.69, 9.17) is 9.63 Å². The van der Waals surface area contributed by atoms with E-state index in [0.29, 0.717) is 11.5 Å². The maximum atomic E-state index is 10.8. The van der Waals surface area contributed by atoms with E-state index < -0.39 is 5.97 Å². The predicted octanol–water partition coefficient (Wildman–Crippen LogP) is 3.41. The van der Waals surface area contributed by atoms with Crippen LogP contribution in [0.1, 0.15) is 10.4 Å². The Morgan fingerprint density at radius 1 is 0.952 bits per heavy atom. The molecule has 2 N–H and O–H groups in total. The number of carboxylic acid groups (broad SMARTS) is 1. The average molecular weight is 281 g/mol. The van der Waals surface area contributed by atoms with Crippen molar-refractivity contribution in [2.45, 2.75) is 0 Å². The Bertz CT molecular complexity index is 773. The summed E-state index contributed by atoms with van der Waals surface area (Å²) in [5.74, 6) is -0.207. The van der Waals surface area contributed by atoms with Crippen molar-refractivity contribution in [2.75, 3.05) is 0 Å². The average Bonchev–Trinajstić information content (AvgIpc) is 2.98. The zero-order chi connectivity index (χ0) is 14.8. The van der Waals surface area contributed by atoms with E-state index >= 15 is 0 Å². The lowest BCUT2D eigenvalue weighted by Crippen LogP contribution is -1.94. The third-order valence-electron chi connectivity index (χ3n) is 3.09. The number of aromatic nitrogens is 1. The van der Waals surface area contributed by atoms with Gasteiger partial charge in [0, 0.05) is 17.2 Å². The van der Waals surface area contributed by atoms with E-state index in [0.717, 1.165) is 11.1 Å². The van der Waals surface area contributed by atoms with Gasteiger partial charge in [-0.1, -0.05) is 17.3 Å². The van der Waals surface area contributed by atoms with Crippen LogP contribution in [0.4, 0.5) is 0 Å². The molecular weight excluding hydrogens is 270 g/mol. The Balaban J connectivity index is 1.90. The van der Waals surface area contributed by atoms with Gasteiger partial charge in [-0.25, -0.2) is 4.79 Å². The van der Waals surface area contributed by atoms with Crippen LogP contribution in [-0.4, -0.2) is 21.3 Å². The number of rotatable bonds is 3. The fourth-order valence-electron chi connectivity index (χ4n) is 1.96. The number of phenolic OH excluding ortho intramolecular Hbond substituents is 1. The van der Waals surface area contributed by atoms with Crippen LogP contribution in [0.15, 0.2) is 59.1 Å². The number of aromatic hydroxyl groups is 1. The van der Waals surface area contributed by atoms with Gasteiger partial charge >= 0.3 is 5.97 Å². The van der Waals surface area contributed by atoms with Crippen LogP contribution in [0.25, 0.3) is 22.6 Å². The molecule has 0 amide bonds. The minimum Gasteiger partial charge on any atom is -0.508 e. The Kier molecular flexibility index (Phi) is 3.16. The molecule has 2 aromatic carbocycles. The van der Waals surface area contributed by atoms with Gasteiger partial charge in [0.15, 0.2) is 5.76 Å². The Morgan fingerprint density at radius 3 is 2.19 bits per heavy atom. The second kappa shape index (κ2) is 5.13. The maximum Gasteiger partial charge on any atom is 0.335 e. The molecule has 0 radical (unpaired) electrons. The molecule has 5 nitrogen and oxygen atoms in total. The fraction of sp³-hybridized carbons (Fsp3) is 0. The molecule has 5 heteroatoms. The smallest absolute Gasteiger partial charge is 0.335 e. The lowest BCUT2D eigenvalue weighted by Gasteiger charge is -1.97. The standard InChI is InChI=1S/C16H11NO4/c18-13-7-5-11(6-8-13)15-9-14(17-21-15)10-1-3-12(4-2-10)16(19)20/h1-9,18H,(H,19,20). The minimum absolute atomic E-state index is 0.183. The number of benzene rings is 2. The van der Waals surface area contributed by atoms with Crippen molar-refractivity contribution >= 4 is 5.97 Å². The topological polar surface area (TPSA) is 83.6 Å². The molecule has 0 aliphatic heterocycles. The minimum atomic E-state index is -0.966. The van der Waals surface area contributed by atoms with Gasteiger partial charge in [-0.05, 0) is 36.4 Å². The number of hydrogen-bond donors (Lipinski definition) is 2. The molecule has 0 bridgehead atoms. The highest BCUT2D eigenvalue weighted by molar-refractivity contribution is 5.88. The monoisotopic (exact) mass is 281 g/mol. The summed E-state index contributed by atoms with van der Waals surface area (Å²) in [5, 5.41) is 22.1. The summed E-state index contributed by atoms with van der Waals surface area (Å²) >= 11 is 0. The van der Waals surface area contributed by atoms with Crippen LogP contribution in [0.3, 0.4) is 0 Å². The molecule has 0 atom stereocenters. The van der Waals surface area contributed by atoms with Crippen LogP contribution in [0, 0.1) is 0 Å². The van der Waals surface area contributed by atoms with Gasteiger partial charge in [0.05, 0.1) is 5.56 Å². The predicted molar refractivity (Wildman–Crippen MR) is 76.0 cm³/mol. The lowest BCUT2D eigenvalue weighted by atomic mass is 10.1.